The summed E-state index contributed by atoms with van der Waals surface area (Å²) in [6.45, 7) is 54.0. The van der Waals surface area contributed by atoms with E-state index in [9.17, 15) is 67.1 Å². The van der Waals surface area contributed by atoms with Crippen LogP contribution in [-0.4, -0.2) is 104 Å². The third-order valence-corrected chi connectivity index (χ3v) is 14.7. The fourth-order valence-corrected chi connectivity index (χ4v) is 7.76. The molecule has 588 valence electrons. The summed E-state index contributed by atoms with van der Waals surface area (Å²) in [7, 11) is 0. The molecule has 1 fully saturated rings. The van der Waals surface area contributed by atoms with Gasteiger partial charge in [0.05, 0.1) is 13.2 Å². The smallest absolute Gasteiger partial charge is 0.221 e. The standard InChI is InChI=1S/C16H20O2.C13H18N2O2.2C13H22O2.C12H18O3.C11H18O2.C10H18O2/c1-16(2,3)15(18)12-11-14(17)10-9-13-7-5-4-6-8-13;1-13(2,3)11(17)6-4-10(16)5-7-12-14-8-9-15-12;1-10(2)6-7-11(14)8-9-12(15)13(3,4)5;1-5-6-7-8-11(14)9-10-12(15)13(2,3)4;1-12(2,3)11(14)5-4-10(13)6-9-7-15-8-9;1-8(2)6-9(12)10(13)7-11(3,4)5;1-7(2)6-8(11)9(12)10(3,4)5/h4-10H,11-12H2,1-3H3;5,7-9H,4,6H2,1-3H3,(H,14,15);6-7,10H,8-9H2,1-5H3;7-8H,5-6,9-10H2,1-4H3;6H,4-5,7-8H2,1-3H3;6H,7H2,1-5H3;7H,6H2,1-5H3/b10-9+;7-5+;7-6+;8-7+;;;. The van der Waals surface area contributed by atoms with E-state index >= 15 is 0 Å². The van der Waals surface area contributed by atoms with Crippen molar-refractivity contribution in [2.24, 2.45) is 49.7 Å². The molecule has 0 aliphatic carbocycles. The third-order valence-electron chi connectivity index (χ3n) is 14.7. The summed E-state index contributed by atoms with van der Waals surface area (Å²) < 4.78 is 4.93. The number of hydrogen-bond acceptors (Lipinski definition) is 16. The molecule has 0 atom stereocenters. The van der Waals surface area contributed by atoms with Gasteiger partial charge in [0.1, 0.15) is 34.7 Å². The van der Waals surface area contributed by atoms with Gasteiger partial charge in [-0.25, -0.2) is 4.98 Å². The quantitative estimate of drug-likeness (QED) is 0.0542. The van der Waals surface area contributed by atoms with Crippen molar-refractivity contribution in [3.63, 3.8) is 0 Å². The predicted octanol–water partition coefficient (Wildman–Crippen LogP) is 19.2. The van der Waals surface area contributed by atoms with Crippen molar-refractivity contribution >= 4 is 93.1 Å². The summed E-state index contributed by atoms with van der Waals surface area (Å²) in [5.74, 6) is 0.867. The number of ether oxygens (including phenoxy) is 1. The number of carbonyl (C=O) groups is 14. The Hall–Kier alpha value is -7.79. The summed E-state index contributed by atoms with van der Waals surface area (Å²) in [5, 5.41) is 0. The van der Waals surface area contributed by atoms with Crippen LogP contribution in [0.15, 0.2) is 102 Å². The largest absolute Gasteiger partial charge is 0.373 e. The van der Waals surface area contributed by atoms with Gasteiger partial charge < -0.3 is 9.72 Å². The summed E-state index contributed by atoms with van der Waals surface area (Å²) in [6, 6.07) is 9.65. The van der Waals surface area contributed by atoms with Crippen molar-refractivity contribution in [3.8, 4) is 0 Å². The number of ketones is 14. The monoisotopic (exact) mass is 1460 g/mol. The SMILES string of the molecule is CC(C)(C)C(=O)CCC(=O)/C=C/c1ccccc1.CC(C)(C)C(=O)CCC(=O)/C=C/c1ncc[nH]1.CC(C)(C)C(=O)CCC(=O)C=C1COC1.CC(C)/C=C/C(=O)CCC(=O)C(C)(C)C.CC(C)=CC(=O)C(=O)CC(C)(C)C.CC(C)CC(=O)C(=O)C(C)(C)C.CCC/C=C/C(=O)CCC(=O)C(C)(C)C. The topological polar surface area (TPSA) is 277 Å². The van der Waals surface area contributed by atoms with Gasteiger partial charge in [-0.05, 0) is 91.2 Å². The molecule has 1 aromatic carbocycles. The Labute approximate surface area is 632 Å². The second kappa shape index (κ2) is 51.4. The van der Waals surface area contributed by atoms with Crippen LogP contribution in [0.4, 0.5) is 0 Å². The molecule has 0 radical (unpaired) electrons. The van der Waals surface area contributed by atoms with Crippen molar-refractivity contribution in [2.45, 2.75) is 284 Å². The summed E-state index contributed by atoms with van der Waals surface area (Å²) >= 11 is 0. The Morgan fingerprint density at radius 2 is 0.857 bits per heavy atom. The van der Waals surface area contributed by atoms with Gasteiger partial charge in [0.2, 0.25) is 17.3 Å². The fourth-order valence-electron chi connectivity index (χ4n) is 7.76. The van der Waals surface area contributed by atoms with Gasteiger partial charge in [-0.3, -0.25) is 67.1 Å². The zero-order valence-corrected chi connectivity index (χ0v) is 69.9. The number of allylic oxidation sites excluding steroid dienone is 9. The van der Waals surface area contributed by atoms with Crippen LogP contribution in [0.2, 0.25) is 0 Å². The zero-order chi connectivity index (χ0) is 82.5. The molecule has 17 heteroatoms. The van der Waals surface area contributed by atoms with Gasteiger partial charge in [0.15, 0.2) is 34.7 Å². The van der Waals surface area contributed by atoms with Crippen molar-refractivity contribution in [1.82, 2.24) is 9.97 Å². The van der Waals surface area contributed by atoms with Crippen LogP contribution in [0.1, 0.15) is 295 Å². The second-order valence-electron chi connectivity index (χ2n) is 34.7. The van der Waals surface area contributed by atoms with Crippen LogP contribution in [0.5, 0.6) is 0 Å². The van der Waals surface area contributed by atoms with Crippen LogP contribution in [0, 0.1) is 49.7 Å². The maximum Gasteiger partial charge on any atom is 0.221 e. The molecule has 0 spiro atoms. The first-order valence-electron chi connectivity index (χ1n) is 36.9. The summed E-state index contributed by atoms with van der Waals surface area (Å²) in [5.41, 5.74) is 0.536. The first-order chi connectivity index (χ1) is 47.8. The Morgan fingerprint density at radius 1 is 0.476 bits per heavy atom. The molecule has 105 heavy (non-hydrogen) atoms. The van der Waals surface area contributed by atoms with Crippen molar-refractivity contribution in [2.75, 3.05) is 13.2 Å². The van der Waals surface area contributed by atoms with E-state index in [1.807, 2.05) is 209 Å². The highest BCUT2D eigenvalue weighted by molar-refractivity contribution is 6.41. The van der Waals surface area contributed by atoms with E-state index in [1.54, 1.807) is 69.6 Å². The minimum atomic E-state index is -0.522. The highest BCUT2D eigenvalue weighted by atomic mass is 16.5. The number of imidazole rings is 1. The average Bonchev–Trinajstić information content (AvgIpc) is 1.43. The molecule has 2 aromatic rings. The molecule has 1 aromatic heterocycles. The lowest BCUT2D eigenvalue weighted by Crippen LogP contribution is -2.29. The van der Waals surface area contributed by atoms with Gasteiger partial charge in [-0.15, -0.1) is 0 Å². The zero-order valence-electron chi connectivity index (χ0n) is 69.9. The average molecular weight is 1460 g/mol. The number of aromatic amines is 1. The fraction of sp³-hybridized carbons (Fsp3) is 0.602. The number of rotatable bonds is 31. The van der Waals surface area contributed by atoms with Crippen LogP contribution in [-0.2, 0) is 71.9 Å². The Balaban J connectivity index is -0.000000569. The van der Waals surface area contributed by atoms with Crippen molar-refractivity contribution < 1.29 is 71.9 Å². The molecule has 2 heterocycles. The van der Waals surface area contributed by atoms with Gasteiger partial charge in [-0.2, -0.15) is 0 Å². The molecule has 17 nitrogen and oxygen atoms in total. The van der Waals surface area contributed by atoms with Crippen LogP contribution in [0.25, 0.3) is 12.2 Å². The molecule has 3 rings (SSSR count). The molecule has 1 saturated heterocycles. The number of Topliss-reactive ketones (excluding diaryl/α,β-unsaturated/α-hetero) is 8. The maximum absolute atomic E-state index is 11.7. The van der Waals surface area contributed by atoms with E-state index in [-0.39, 0.29) is 126 Å². The van der Waals surface area contributed by atoms with E-state index in [0.29, 0.717) is 95.6 Å². The number of aromatic nitrogens is 2. The molecule has 0 amide bonds. The minimum absolute atomic E-state index is 0.00328. The van der Waals surface area contributed by atoms with Crippen LogP contribution in [0.3, 0.4) is 0 Å². The highest BCUT2D eigenvalue weighted by Gasteiger charge is 2.29. The Kier molecular flexibility index (Phi) is 50.7. The van der Waals surface area contributed by atoms with Gasteiger partial charge in [-0.1, -0.05) is 241 Å². The lowest BCUT2D eigenvalue weighted by atomic mass is 9.86. The second-order valence-corrected chi connectivity index (χ2v) is 34.7. The van der Waals surface area contributed by atoms with Gasteiger partial charge in [0, 0.05) is 122 Å². The molecule has 1 aliphatic heterocycles. The summed E-state index contributed by atoms with van der Waals surface area (Å²) in [4.78, 5) is 167. The predicted molar refractivity (Wildman–Crippen MR) is 426 cm³/mol. The van der Waals surface area contributed by atoms with Crippen LogP contribution >= 0.6 is 0 Å². The van der Waals surface area contributed by atoms with Gasteiger partial charge >= 0.3 is 0 Å². The number of unbranched alkanes of at least 4 members (excludes halogenated alkanes) is 1. The van der Waals surface area contributed by atoms with Crippen LogP contribution < -0.4 is 0 Å². The first-order valence-corrected chi connectivity index (χ1v) is 36.9. The highest BCUT2D eigenvalue weighted by Crippen LogP contribution is 2.24. The van der Waals surface area contributed by atoms with Crippen molar-refractivity contribution in [1.29, 1.82) is 0 Å². The number of hydrogen-bond donors (Lipinski definition) is 1. The number of carbonyl (C=O) groups excluding carboxylic acids is 14. The molecular formula is C88H136N2O15. The van der Waals surface area contributed by atoms with Crippen molar-refractivity contribution in [3.05, 3.63) is 114 Å². The molecule has 1 aliphatic rings. The number of nitrogens with one attached hydrogen (secondary N) is 1. The Bertz CT molecular complexity index is 3280. The lowest BCUT2D eigenvalue weighted by molar-refractivity contribution is -0.141. The minimum Gasteiger partial charge on any atom is -0.373 e. The lowest BCUT2D eigenvalue weighted by Gasteiger charge is -2.17. The van der Waals surface area contributed by atoms with E-state index in [4.69, 9.17) is 4.74 Å². The third kappa shape index (κ3) is 60.1. The van der Waals surface area contributed by atoms with Gasteiger partial charge in [0.25, 0.3) is 0 Å². The normalized spacial score (nSPS) is 12.4. The number of benzene rings is 1. The first kappa shape index (κ1) is 104. The molecule has 0 saturated carbocycles. The molecule has 0 unspecified atom stereocenters. The van der Waals surface area contributed by atoms with E-state index < -0.39 is 5.41 Å². The summed E-state index contributed by atoms with van der Waals surface area (Å²) in [6.07, 6.45) is 25.5. The van der Waals surface area contributed by atoms with E-state index in [2.05, 4.69) is 16.9 Å². The molecule has 0 bridgehead atoms. The number of nitrogens with zero attached hydrogens (tertiary/aromatic N) is 1. The Morgan fingerprint density at radius 3 is 1.17 bits per heavy atom. The van der Waals surface area contributed by atoms with E-state index in [0.717, 1.165) is 29.6 Å². The maximum atomic E-state index is 11.7. The number of H-pyrrole nitrogens is 1. The molecular weight excluding hydrogens is 1320 g/mol. The molecule has 1 N–H and O–H groups in total. The van der Waals surface area contributed by atoms with E-state index in [1.165, 1.54) is 12.2 Å².